The molecule has 0 aromatic carbocycles. The second-order valence-electron chi connectivity index (χ2n) is 8.66. The maximum Gasteiger partial charge on any atom is 0.315 e. The van der Waals surface area contributed by atoms with Gasteiger partial charge in [0.05, 0.1) is 0 Å². The van der Waals surface area contributed by atoms with Crippen molar-refractivity contribution < 1.29 is 9.59 Å². The average Bonchev–Trinajstić information content (AvgIpc) is 2.53. The molecule has 4 rings (SSSR count). The van der Waals surface area contributed by atoms with E-state index in [1.165, 1.54) is 19.3 Å². The number of carbonyl (C=O) groups excluding carboxylic acids is 2. The lowest BCUT2D eigenvalue weighted by atomic mass is 9.53. The Morgan fingerprint density at radius 1 is 1.04 bits per heavy atom. The number of urea groups is 1. The Hall–Kier alpha value is -1.26. The summed E-state index contributed by atoms with van der Waals surface area (Å²) in [4.78, 5) is 26.5. The minimum Gasteiger partial charge on any atom is -0.343 e. The van der Waals surface area contributed by atoms with E-state index >= 15 is 0 Å². The maximum atomic E-state index is 12.4. The molecule has 3 amide bonds. The molecule has 0 aromatic rings. The largest absolute Gasteiger partial charge is 0.343 e. The third-order valence-electron chi connectivity index (χ3n) is 6.56. The molecule has 4 fully saturated rings. The van der Waals surface area contributed by atoms with Gasteiger partial charge in [-0.15, -0.1) is 0 Å². The fourth-order valence-electron chi connectivity index (χ4n) is 5.80. The van der Waals surface area contributed by atoms with Crippen LogP contribution >= 0.6 is 0 Å². The van der Waals surface area contributed by atoms with Crippen LogP contribution in [0.15, 0.2) is 0 Å². The lowest BCUT2D eigenvalue weighted by Crippen LogP contribution is -2.61. The number of nitrogens with one attached hydrogen (secondary N) is 2. The van der Waals surface area contributed by atoms with E-state index in [9.17, 15) is 9.59 Å². The van der Waals surface area contributed by atoms with Crippen molar-refractivity contribution in [3.8, 4) is 0 Å². The fourth-order valence-corrected chi connectivity index (χ4v) is 5.80. The van der Waals surface area contributed by atoms with Gasteiger partial charge in [-0.2, -0.15) is 0 Å². The van der Waals surface area contributed by atoms with E-state index < -0.39 is 0 Å². The second-order valence-corrected chi connectivity index (χ2v) is 8.66. The number of rotatable bonds is 8. The summed E-state index contributed by atoms with van der Waals surface area (Å²) in [6, 6.07) is -0.0774. The summed E-state index contributed by atoms with van der Waals surface area (Å²) in [6.07, 6.45) is 10.1. The second kappa shape index (κ2) is 7.96. The Bertz CT molecular complexity index is 456. The van der Waals surface area contributed by atoms with Crippen molar-refractivity contribution in [1.82, 2.24) is 15.5 Å². The van der Waals surface area contributed by atoms with Crippen molar-refractivity contribution in [2.45, 2.75) is 77.2 Å². The Morgan fingerprint density at radius 3 is 2.16 bits per heavy atom. The van der Waals surface area contributed by atoms with Gasteiger partial charge in [0.2, 0.25) is 5.91 Å². The van der Waals surface area contributed by atoms with Gasteiger partial charge in [-0.1, -0.05) is 13.3 Å². The molecule has 0 aromatic heterocycles. The molecule has 4 saturated carbocycles. The topological polar surface area (TPSA) is 61.4 Å². The van der Waals surface area contributed by atoms with Gasteiger partial charge in [-0.25, -0.2) is 4.79 Å². The monoisotopic (exact) mass is 349 g/mol. The maximum absolute atomic E-state index is 12.4. The van der Waals surface area contributed by atoms with Crippen molar-refractivity contribution in [3.05, 3.63) is 0 Å². The summed E-state index contributed by atoms with van der Waals surface area (Å²) < 4.78 is 0. The summed E-state index contributed by atoms with van der Waals surface area (Å²) in [7, 11) is 0. The van der Waals surface area contributed by atoms with E-state index in [4.69, 9.17) is 0 Å². The molecule has 5 nitrogen and oxygen atoms in total. The van der Waals surface area contributed by atoms with Gasteiger partial charge >= 0.3 is 6.03 Å². The molecular formula is C20H35N3O2. The van der Waals surface area contributed by atoms with Gasteiger partial charge in [-0.05, 0) is 69.6 Å². The highest BCUT2D eigenvalue weighted by atomic mass is 16.2. The van der Waals surface area contributed by atoms with Crippen LogP contribution in [-0.4, -0.2) is 42.0 Å². The molecule has 0 unspecified atom stereocenters. The summed E-state index contributed by atoms with van der Waals surface area (Å²) in [5, 5.41) is 6.23. The summed E-state index contributed by atoms with van der Waals surface area (Å²) in [6.45, 7) is 6.15. The molecule has 4 aliphatic carbocycles. The zero-order valence-electron chi connectivity index (χ0n) is 16.0. The molecule has 142 valence electrons. The minimum absolute atomic E-state index is 0.0411. The average molecular weight is 350 g/mol. The van der Waals surface area contributed by atoms with E-state index in [0.29, 0.717) is 13.0 Å². The van der Waals surface area contributed by atoms with Crippen LogP contribution in [0.3, 0.4) is 0 Å². The fraction of sp³-hybridized carbons (Fsp3) is 0.900. The normalized spacial score (nSPS) is 32.5. The van der Waals surface area contributed by atoms with Crippen LogP contribution in [0.4, 0.5) is 4.79 Å². The molecule has 4 bridgehead atoms. The van der Waals surface area contributed by atoms with Gasteiger partial charge in [-0.3, -0.25) is 4.79 Å². The van der Waals surface area contributed by atoms with Crippen molar-refractivity contribution >= 4 is 11.9 Å². The molecule has 25 heavy (non-hydrogen) atoms. The molecule has 0 saturated heterocycles. The van der Waals surface area contributed by atoms with Crippen LogP contribution in [0.25, 0.3) is 0 Å². The molecule has 0 spiro atoms. The van der Waals surface area contributed by atoms with E-state index in [1.807, 2.05) is 11.8 Å². The lowest BCUT2D eigenvalue weighted by molar-refractivity contribution is -0.130. The zero-order valence-corrected chi connectivity index (χ0v) is 16.0. The quantitative estimate of drug-likeness (QED) is 0.706. The number of hydrogen-bond donors (Lipinski definition) is 2. The Labute approximate surface area is 152 Å². The van der Waals surface area contributed by atoms with Crippen molar-refractivity contribution in [3.63, 3.8) is 0 Å². The summed E-state index contributed by atoms with van der Waals surface area (Å²) in [5.74, 6) is 2.62. The third kappa shape index (κ3) is 4.48. The molecule has 2 N–H and O–H groups in total. The standard InChI is InChI=1S/C20H35N3O2/c1-3-5-8-23(4-2)18(24)6-7-21-19(25)22-20-12-15-9-16(13-20)11-17(10-15)14-20/h15-17H,3-14H2,1-2H3,(H2,21,22,25). The first-order valence-electron chi connectivity index (χ1n) is 10.4. The highest BCUT2D eigenvalue weighted by Crippen LogP contribution is 2.55. The van der Waals surface area contributed by atoms with Crippen LogP contribution in [0.2, 0.25) is 0 Å². The van der Waals surface area contributed by atoms with Gasteiger partial charge in [0.1, 0.15) is 0 Å². The van der Waals surface area contributed by atoms with Gasteiger partial charge in [0.25, 0.3) is 0 Å². The first-order valence-corrected chi connectivity index (χ1v) is 10.4. The first kappa shape index (κ1) is 18.5. The zero-order chi connectivity index (χ0) is 17.9. The van der Waals surface area contributed by atoms with Gasteiger partial charge in [0, 0.05) is 31.6 Å². The minimum atomic E-state index is -0.0774. The van der Waals surface area contributed by atoms with Crippen LogP contribution < -0.4 is 10.6 Å². The lowest BCUT2D eigenvalue weighted by Gasteiger charge is -2.56. The van der Waals surface area contributed by atoms with Gasteiger partial charge < -0.3 is 15.5 Å². The van der Waals surface area contributed by atoms with Crippen LogP contribution in [0, 0.1) is 17.8 Å². The smallest absolute Gasteiger partial charge is 0.315 e. The molecule has 0 heterocycles. The first-order chi connectivity index (χ1) is 12.0. The SMILES string of the molecule is CCCCN(CC)C(=O)CCNC(=O)NC12CC3CC(CC(C3)C1)C2. The Morgan fingerprint density at radius 2 is 1.64 bits per heavy atom. The molecule has 0 radical (unpaired) electrons. The predicted molar refractivity (Wildman–Crippen MR) is 99.2 cm³/mol. The number of nitrogens with zero attached hydrogens (tertiary/aromatic N) is 1. The molecule has 5 heteroatoms. The molecule has 0 atom stereocenters. The van der Waals surface area contributed by atoms with Crippen molar-refractivity contribution in [2.75, 3.05) is 19.6 Å². The van der Waals surface area contributed by atoms with Crippen molar-refractivity contribution in [1.29, 1.82) is 0 Å². The summed E-state index contributed by atoms with van der Waals surface area (Å²) in [5.41, 5.74) is 0.0411. The van der Waals surface area contributed by atoms with Crippen molar-refractivity contribution in [2.24, 2.45) is 17.8 Å². The van der Waals surface area contributed by atoms with E-state index in [2.05, 4.69) is 17.6 Å². The van der Waals surface area contributed by atoms with E-state index in [0.717, 1.165) is 62.9 Å². The van der Waals surface area contributed by atoms with Crippen LogP contribution in [0.1, 0.15) is 71.6 Å². The van der Waals surface area contributed by atoms with Crippen LogP contribution in [-0.2, 0) is 4.79 Å². The highest BCUT2D eigenvalue weighted by molar-refractivity contribution is 5.78. The van der Waals surface area contributed by atoms with E-state index in [-0.39, 0.29) is 17.5 Å². The molecule has 0 aliphatic heterocycles. The van der Waals surface area contributed by atoms with Gasteiger partial charge in [0.15, 0.2) is 0 Å². The van der Waals surface area contributed by atoms with Crippen LogP contribution in [0.5, 0.6) is 0 Å². The highest BCUT2D eigenvalue weighted by Gasteiger charge is 2.51. The van der Waals surface area contributed by atoms with E-state index in [1.54, 1.807) is 0 Å². The number of unbranched alkanes of at least 4 members (excludes halogenated alkanes) is 1. The predicted octanol–water partition coefficient (Wildman–Crippen LogP) is 3.29. The number of carbonyl (C=O) groups is 2. The molecule has 4 aliphatic rings. The number of hydrogen-bond acceptors (Lipinski definition) is 2. The summed E-state index contributed by atoms with van der Waals surface area (Å²) >= 11 is 0. The number of amides is 3. The Balaban J connectivity index is 1.40. The molecular weight excluding hydrogens is 314 g/mol. The Kier molecular flexibility index (Phi) is 5.90. The third-order valence-corrected chi connectivity index (χ3v) is 6.56.